The zero-order valence-corrected chi connectivity index (χ0v) is 24.5. The molecule has 0 spiro atoms. The molecule has 2 saturated heterocycles. The van der Waals surface area contributed by atoms with Crippen molar-refractivity contribution in [1.82, 2.24) is 19.9 Å². The maximum atomic E-state index is 15.4. The number of pyridine rings is 1. The summed E-state index contributed by atoms with van der Waals surface area (Å²) < 4.78 is 27.0. The molecular weight excluding hydrogens is 561 g/mol. The molecular formula is C33H34FN7O3. The summed E-state index contributed by atoms with van der Waals surface area (Å²) in [5.74, 6) is 4.06. The molecule has 2 aliphatic heterocycles. The highest BCUT2D eigenvalue weighted by molar-refractivity contribution is 5.95. The molecule has 2 atom stereocenters. The van der Waals surface area contributed by atoms with Crippen molar-refractivity contribution >= 4 is 39.8 Å². The first-order chi connectivity index (χ1) is 21.5. The second kappa shape index (κ2) is 11.6. The van der Waals surface area contributed by atoms with Gasteiger partial charge in [-0.2, -0.15) is 0 Å². The zero-order valence-electron chi connectivity index (χ0n) is 24.5. The van der Waals surface area contributed by atoms with E-state index >= 15 is 4.39 Å². The number of carbonyl (C=O) groups is 1. The van der Waals surface area contributed by atoms with Crippen LogP contribution in [0.15, 0.2) is 67.6 Å². The summed E-state index contributed by atoms with van der Waals surface area (Å²) in [4.78, 5) is 29.4. The van der Waals surface area contributed by atoms with Gasteiger partial charge in [0.25, 0.3) is 0 Å². The molecule has 2 aromatic carbocycles. The second-order valence-electron chi connectivity index (χ2n) is 11.6. The van der Waals surface area contributed by atoms with Crippen LogP contribution < -0.4 is 25.0 Å². The quantitative estimate of drug-likeness (QED) is 0.234. The average molecular weight is 596 g/mol. The van der Waals surface area contributed by atoms with E-state index in [2.05, 4.69) is 37.1 Å². The fourth-order valence-electron chi connectivity index (χ4n) is 6.20. The third-order valence-electron chi connectivity index (χ3n) is 8.75. The van der Waals surface area contributed by atoms with E-state index in [0.717, 1.165) is 49.3 Å². The topological polar surface area (TPSA) is 105 Å². The number of likely N-dealkylation sites (tertiary alicyclic amines) is 1. The van der Waals surface area contributed by atoms with Crippen LogP contribution in [0.25, 0.3) is 10.9 Å². The van der Waals surface area contributed by atoms with Gasteiger partial charge in [0.15, 0.2) is 0 Å². The number of nitrogens with one attached hydrogen (secondary N) is 2. The van der Waals surface area contributed by atoms with Crippen LogP contribution in [0.5, 0.6) is 17.2 Å². The first kappa shape index (κ1) is 27.9. The Morgan fingerprint density at radius 3 is 2.57 bits per heavy atom. The van der Waals surface area contributed by atoms with Gasteiger partial charge in [-0.1, -0.05) is 6.58 Å². The summed E-state index contributed by atoms with van der Waals surface area (Å²) in [5.41, 5.74) is 1.69. The number of carbonyl (C=O) groups excluding carboxylic acids is 1. The Morgan fingerprint density at radius 2 is 1.82 bits per heavy atom. The largest absolute Gasteiger partial charge is 0.495 e. The molecule has 1 saturated carbocycles. The maximum absolute atomic E-state index is 15.4. The average Bonchev–Trinajstić information content (AvgIpc) is 3.66. The first-order valence-electron chi connectivity index (χ1n) is 14.9. The number of halogens is 1. The molecule has 7 rings (SSSR count). The van der Waals surface area contributed by atoms with E-state index in [9.17, 15) is 4.79 Å². The predicted octanol–water partition coefficient (Wildman–Crippen LogP) is 5.75. The van der Waals surface area contributed by atoms with Gasteiger partial charge in [0.2, 0.25) is 5.91 Å². The van der Waals surface area contributed by atoms with E-state index in [0.29, 0.717) is 47.1 Å². The summed E-state index contributed by atoms with van der Waals surface area (Å²) >= 11 is 0. The number of anilines is 4. The number of amides is 1. The van der Waals surface area contributed by atoms with Gasteiger partial charge in [-0.15, -0.1) is 0 Å². The molecule has 1 amide bonds. The lowest BCUT2D eigenvalue weighted by Crippen LogP contribution is -2.41. The van der Waals surface area contributed by atoms with Crippen molar-refractivity contribution in [1.29, 1.82) is 0 Å². The Hall–Kier alpha value is -4.93. The Morgan fingerprint density at radius 1 is 1.02 bits per heavy atom. The molecule has 4 heterocycles. The minimum atomic E-state index is -0.476. The number of hydrogen-bond donors (Lipinski definition) is 2. The standard InChI is InChI=1S/C33H34FN7O3/c1-3-32(42)40-10-7-22(8-11-40)38-29-15-25-28(16-30(29)43-2)36-19-37-33(25)39-27-5-4-23(13-26(27)34)44-24-6-9-35-31(14-24)41-17-20-12-21(20)18-41/h3-6,9,13-16,19-22,38H,1,7-8,10-12,17-18H2,2H3,(H,36,37,39). The van der Waals surface area contributed by atoms with Crippen molar-refractivity contribution in [3.05, 3.63) is 73.5 Å². The summed E-state index contributed by atoms with van der Waals surface area (Å²) in [6, 6.07) is 12.3. The van der Waals surface area contributed by atoms with E-state index in [1.165, 1.54) is 24.9 Å². The molecule has 10 nitrogen and oxygen atoms in total. The van der Waals surface area contributed by atoms with Crippen LogP contribution in [0.1, 0.15) is 19.3 Å². The number of benzene rings is 2. The highest BCUT2D eigenvalue weighted by atomic mass is 19.1. The lowest BCUT2D eigenvalue weighted by molar-refractivity contribution is -0.126. The van der Waals surface area contributed by atoms with Crippen molar-refractivity contribution in [3.63, 3.8) is 0 Å². The van der Waals surface area contributed by atoms with E-state index in [1.54, 1.807) is 36.4 Å². The maximum Gasteiger partial charge on any atom is 0.245 e. The molecule has 0 radical (unpaired) electrons. The number of piperidine rings is 2. The van der Waals surface area contributed by atoms with Gasteiger partial charge in [-0.25, -0.2) is 19.3 Å². The third kappa shape index (κ3) is 5.69. The monoisotopic (exact) mass is 595 g/mol. The number of fused-ring (bicyclic) bond motifs is 2. The third-order valence-corrected chi connectivity index (χ3v) is 8.75. The Bertz CT molecular complexity index is 1720. The van der Waals surface area contributed by atoms with Gasteiger partial charge in [-0.05, 0) is 61.4 Å². The normalized spacial score (nSPS) is 19.4. The number of rotatable bonds is 9. The highest BCUT2D eigenvalue weighted by Gasteiger charge is 2.45. The van der Waals surface area contributed by atoms with E-state index in [1.807, 2.05) is 18.2 Å². The smallest absolute Gasteiger partial charge is 0.245 e. The molecule has 3 aliphatic rings. The van der Waals surface area contributed by atoms with E-state index < -0.39 is 5.82 Å². The van der Waals surface area contributed by atoms with Crippen LogP contribution in [0.2, 0.25) is 0 Å². The minimum absolute atomic E-state index is 0.0495. The van der Waals surface area contributed by atoms with Crippen LogP contribution in [0.4, 0.5) is 27.4 Å². The number of hydrogen-bond acceptors (Lipinski definition) is 9. The molecule has 3 fully saturated rings. The van der Waals surface area contributed by atoms with Crippen molar-refractivity contribution in [2.75, 3.05) is 48.8 Å². The summed E-state index contributed by atoms with van der Waals surface area (Å²) in [6.45, 7) is 6.95. The van der Waals surface area contributed by atoms with Crippen molar-refractivity contribution in [2.24, 2.45) is 11.8 Å². The summed E-state index contributed by atoms with van der Waals surface area (Å²) in [5, 5.41) is 7.40. The SMILES string of the molecule is C=CC(=O)N1CCC(Nc2cc3c(Nc4ccc(Oc5ccnc(N6CC7CC7C6)c5)cc4F)ncnc3cc2OC)CC1. The second-order valence-corrected chi connectivity index (χ2v) is 11.6. The fourth-order valence-corrected chi connectivity index (χ4v) is 6.20. The summed E-state index contributed by atoms with van der Waals surface area (Å²) in [6.07, 6.45) is 7.42. The predicted molar refractivity (Wildman–Crippen MR) is 167 cm³/mol. The molecule has 226 valence electrons. The lowest BCUT2D eigenvalue weighted by atomic mass is 10.0. The molecule has 0 bridgehead atoms. The first-order valence-corrected chi connectivity index (χ1v) is 14.9. The van der Waals surface area contributed by atoms with Gasteiger partial charge in [0, 0.05) is 62.0 Å². The molecule has 1 aliphatic carbocycles. The van der Waals surface area contributed by atoms with Crippen LogP contribution in [0, 0.1) is 17.7 Å². The Kier molecular flexibility index (Phi) is 7.37. The number of aromatic nitrogens is 3. The van der Waals surface area contributed by atoms with Gasteiger partial charge < -0.3 is 29.9 Å². The lowest BCUT2D eigenvalue weighted by Gasteiger charge is -2.32. The van der Waals surface area contributed by atoms with Gasteiger partial charge in [-0.3, -0.25) is 4.79 Å². The molecule has 44 heavy (non-hydrogen) atoms. The minimum Gasteiger partial charge on any atom is -0.495 e. The zero-order chi connectivity index (χ0) is 30.2. The summed E-state index contributed by atoms with van der Waals surface area (Å²) in [7, 11) is 1.61. The number of methoxy groups -OCH3 is 1. The number of nitrogens with zero attached hydrogens (tertiary/aromatic N) is 5. The van der Waals surface area contributed by atoms with Gasteiger partial charge in [0.1, 0.15) is 41.0 Å². The molecule has 2 N–H and O–H groups in total. The Labute approximate surface area is 254 Å². The van der Waals surface area contributed by atoms with E-state index in [4.69, 9.17) is 9.47 Å². The number of ether oxygens (including phenoxy) is 2. The van der Waals surface area contributed by atoms with Crippen LogP contribution in [0.3, 0.4) is 0 Å². The Balaban J connectivity index is 1.07. The van der Waals surface area contributed by atoms with Crippen LogP contribution in [-0.4, -0.2) is 65.1 Å². The van der Waals surface area contributed by atoms with Crippen molar-refractivity contribution < 1.29 is 18.7 Å². The van der Waals surface area contributed by atoms with Gasteiger partial charge in [0.05, 0.1) is 24.0 Å². The fraction of sp³-hybridized carbons (Fsp3) is 0.333. The van der Waals surface area contributed by atoms with Crippen molar-refractivity contribution in [3.8, 4) is 17.2 Å². The highest BCUT2D eigenvalue weighted by Crippen LogP contribution is 2.46. The van der Waals surface area contributed by atoms with Crippen molar-refractivity contribution in [2.45, 2.75) is 25.3 Å². The molecule has 11 heteroatoms. The van der Waals surface area contributed by atoms with E-state index in [-0.39, 0.29) is 17.6 Å². The van der Waals surface area contributed by atoms with Gasteiger partial charge >= 0.3 is 0 Å². The van der Waals surface area contributed by atoms with Crippen LogP contribution >= 0.6 is 0 Å². The molecule has 2 unspecified atom stereocenters. The molecule has 2 aromatic heterocycles. The van der Waals surface area contributed by atoms with Crippen LogP contribution in [-0.2, 0) is 4.79 Å². The molecule has 4 aromatic rings.